The molecule has 26 heavy (non-hydrogen) atoms. The van der Waals surface area contributed by atoms with Crippen LogP contribution < -0.4 is 10.0 Å². The molecule has 2 aromatic carbocycles. The van der Waals surface area contributed by atoms with Gasteiger partial charge in [0.15, 0.2) is 5.13 Å². The van der Waals surface area contributed by atoms with Crippen LogP contribution in [0.4, 0.5) is 15.2 Å². The van der Waals surface area contributed by atoms with Gasteiger partial charge in [-0.25, -0.2) is 17.8 Å². The highest BCUT2D eigenvalue weighted by Crippen LogP contribution is 2.29. The van der Waals surface area contributed by atoms with Crippen molar-refractivity contribution in [2.45, 2.75) is 24.7 Å². The van der Waals surface area contributed by atoms with Gasteiger partial charge in [-0.05, 0) is 48.9 Å². The Labute approximate surface area is 154 Å². The fourth-order valence-corrected chi connectivity index (χ4v) is 4.19. The average Bonchev–Trinajstić information content (AvgIpc) is 2.96. The summed E-state index contributed by atoms with van der Waals surface area (Å²) in [7, 11) is -3.83. The summed E-state index contributed by atoms with van der Waals surface area (Å²) in [5.41, 5.74) is 0.902. The van der Waals surface area contributed by atoms with Crippen LogP contribution in [-0.2, 0) is 14.8 Å². The third-order valence-corrected chi connectivity index (χ3v) is 5.84. The molecule has 9 heteroatoms. The molecule has 3 rings (SSSR count). The number of rotatable bonds is 6. The van der Waals surface area contributed by atoms with Crippen LogP contribution in [0.5, 0.6) is 0 Å². The van der Waals surface area contributed by atoms with E-state index in [-0.39, 0.29) is 10.8 Å². The molecule has 1 heterocycles. The summed E-state index contributed by atoms with van der Waals surface area (Å²) < 4.78 is 41.0. The summed E-state index contributed by atoms with van der Waals surface area (Å²) in [6.07, 6.45) is 1.16. The van der Waals surface area contributed by atoms with E-state index in [4.69, 9.17) is 0 Å². The van der Waals surface area contributed by atoms with E-state index in [1.54, 1.807) is 18.2 Å². The monoisotopic (exact) mass is 393 g/mol. The minimum Gasteiger partial charge on any atom is -0.302 e. The molecule has 136 valence electrons. The molecule has 0 saturated heterocycles. The second-order valence-corrected chi connectivity index (χ2v) is 8.27. The third kappa shape index (κ3) is 4.17. The van der Waals surface area contributed by atoms with Gasteiger partial charge in [0.2, 0.25) is 5.91 Å². The lowest BCUT2D eigenvalue weighted by Gasteiger charge is -2.07. The van der Waals surface area contributed by atoms with E-state index in [9.17, 15) is 17.6 Å². The molecule has 1 amide bonds. The number of nitrogens with one attached hydrogen (secondary N) is 2. The van der Waals surface area contributed by atoms with Gasteiger partial charge in [0.1, 0.15) is 5.82 Å². The van der Waals surface area contributed by atoms with Crippen molar-refractivity contribution in [2.24, 2.45) is 0 Å². The van der Waals surface area contributed by atoms with Gasteiger partial charge in [-0.2, -0.15) is 0 Å². The molecular formula is C17H16FN3O3S2. The van der Waals surface area contributed by atoms with E-state index in [0.717, 1.165) is 23.3 Å². The highest BCUT2D eigenvalue weighted by molar-refractivity contribution is 7.92. The van der Waals surface area contributed by atoms with E-state index < -0.39 is 15.8 Å². The molecule has 0 fully saturated rings. The first kappa shape index (κ1) is 18.3. The lowest BCUT2D eigenvalue weighted by atomic mass is 10.3. The normalized spacial score (nSPS) is 11.5. The number of amides is 1. The van der Waals surface area contributed by atoms with Crippen LogP contribution in [0.2, 0.25) is 0 Å². The zero-order chi connectivity index (χ0) is 18.7. The Balaban J connectivity index is 1.82. The van der Waals surface area contributed by atoms with Crippen LogP contribution in [0, 0.1) is 5.82 Å². The van der Waals surface area contributed by atoms with Gasteiger partial charge in [0.25, 0.3) is 10.0 Å². The van der Waals surface area contributed by atoms with Crippen molar-refractivity contribution in [2.75, 3.05) is 10.0 Å². The molecule has 0 aliphatic heterocycles. The van der Waals surface area contributed by atoms with Gasteiger partial charge in [0.05, 0.1) is 20.8 Å². The summed E-state index contributed by atoms with van der Waals surface area (Å²) >= 11 is 1.31. The van der Waals surface area contributed by atoms with E-state index in [1.807, 2.05) is 6.92 Å². The van der Waals surface area contributed by atoms with Gasteiger partial charge in [0, 0.05) is 6.42 Å². The molecule has 0 unspecified atom stereocenters. The Kier molecular flexibility index (Phi) is 5.19. The lowest BCUT2D eigenvalue weighted by molar-refractivity contribution is -0.116. The van der Waals surface area contributed by atoms with E-state index in [2.05, 4.69) is 15.0 Å². The lowest BCUT2D eigenvalue weighted by Crippen LogP contribution is -2.12. The van der Waals surface area contributed by atoms with Crippen LogP contribution in [0.25, 0.3) is 10.2 Å². The zero-order valence-corrected chi connectivity index (χ0v) is 15.5. The first-order chi connectivity index (χ1) is 12.4. The molecule has 6 nitrogen and oxygen atoms in total. The first-order valence-corrected chi connectivity index (χ1v) is 10.2. The van der Waals surface area contributed by atoms with Gasteiger partial charge in [-0.1, -0.05) is 18.3 Å². The highest BCUT2D eigenvalue weighted by Gasteiger charge is 2.15. The first-order valence-electron chi connectivity index (χ1n) is 7.86. The second kappa shape index (κ2) is 7.38. The SMILES string of the molecule is CCCC(=O)Nc1nc2cc(NS(=O)(=O)c3ccc(F)cc3)ccc2s1. The van der Waals surface area contributed by atoms with Gasteiger partial charge in [-0.15, -0.1) is 0 Å². The number of fused-ring (bicyclic) bond motifs is 1. The number of sulfonamides is 1. The number of halogens is 1. The fourth-order valence-electron chi connectivity index (χ4n) is 2.28. The van der Waals surface area contributed by atoms with E-state index in [0.29, 0.717) is 22.8 Å². The molecule has 2 N–H and O–H groups in total. The summed E-state index contributed by atoms with van der Waals surface area (Å²) in [5.74, 6) is -0.616. The quantitative estimate of drug-likeness (QED) is 0.663. The number of hydrogen-bond acceptors (Lipinski definition) is 5. The number of nitrogens with zero attached hydrogens (tertiary/aromatic N) is 1. The Morgan fingerprint density at radius 3 is 2.62 bits per heavy atom. The van der Waals surface area contributed by atoms with Crippen molar-refractivity contribution in [1.82, 2.24) is 4.98 Å². The summed E-state index contributed by atoms with van der Waals surface area (Å²) in [6, 6.07) is 9.49. The molecule has 1 aromatic heterocycles. The van der Waals surface area contributed by atoms with Crippen LogP contribution in [-0.4, -0.2) is 19.3 Å². The number of carbonyl (C=O) groups is 1. The number of anilines is 2. The zero-order valence-electron chi connectivity index (χ0n) is 13.8. The van der Waals surface area contributed by atoms with E-state index in [1.165, 1.54) is 23.5 Å². The maximum Gasteiger partial charge on any atom is 0.261 e. The van der Waals surface area contributed by atoms with Crippen molar-refractivity contribution in [1.29, 1.82) is 0 Å². The summed E-state index contributed by atoms with van der Waals surface area (Å²) in [5, 5.41) is 3.19. The summed E-state index contributed by atoms with van der Waals surface area (Å²) in [4.78, 5) is 15.9. The average molecular weight is 393 g/mol. The molecule has 0 radical (unpaired) electrons. The Morgan fingerprint density at radius 2 is 1.92 bits per heavy atom. The largest absolute Gasteiger partial charge is 0.302 e. The maximum absolute atomic E-state index is 13.0. The molecule has 0 aliphatic rings. The van der Waals surface area contributed by atoms with Crippen molar-refractivity contribution >= 4 is 48.3 Å². The number of aromatic nitrogens is 1. The summed E-state index contributed by atoms with van der Waals surface area (Å²) in [6.45, 7) is 1.91. The molecule has 0 bridgehead atoms. The number of thiazole rings is 1. The van der Waals surface area contributed by atoms with Crippen molar-refractivity contribution in [3.05, 3.63) is 48.3 Å². The molecule has 0 aliphatic carbocycles. The Hall–Kier alpha value is -2.52. The molecule has 0 spiro atoms. The van der Waals surface area contributed by atoms with Crippen LogP contribution in [0.1, 0.15) is 19.8 Å². The maximum atomic E-state index is 13.0. The van der Waals surface area contributed by atoms with Crippen molar-refractivity contribution < 1.29 is 17.6 Å². The van der Waals surface area contributed by atoms with Crippen LogP contribution >= 0.6 is 11.3 Å². The smallest absolute Gasteiger partial charge is 0.261 e. The molecule has 0 saturated carbocycles. The fraction of sp³-hybridized carbons (Fsp3) is 0.176. The topological polar surface area (TPSA) is 88.2 Å². The minimum atomic E-state index is -3.83. The predicted molar refractivity (Wildman–Crippen MR) is 100 cm³/mol. The number of benzene rings is 2. The molecule has 3 aromatic rings. The van der Waals surface area contributed by atoms with Gasteiger partial charge < -0.3 is 5.32 Å². The third-order valence-electron chi connectivity index (χ3n) is 3.49. The Morgan fingerprint density at radius 1 is 1.19 bits per heavy atom. The standard InChI is InChI=1S/C17H16FN3O3S2/c1-2-3-16(22)20-17-19-14-10-12(6-9-15(14)25-17)21-26(23,24)13-7-4-11(18)5-8-13/h4-10,21H,2-3H2,1H3,(H,19,20,22). The molecular weight excluding hydrogens is 377 g/mol. The van der Waals surface area contributed by atoms with Crippen molar-refractivity contribution in [3.63, 3.8) is 0 Å². The van der Waals surface area contributed by atoms with Gasteiger partial charge in [-0.3, -0.25) is 9.52 Å². The van der Waals surface area contributed by atoms with Crippen LogP contribution in [0.3, 0.4) is 0 Å². The predicted octanol–water partition coefficient (Wildman–Crippen LogP) is 3.97. The number of carbonyl (C=O) groups excluding carboxylic acids is 1. The number of hydrogen-bond donors (Lipinski definition) is 2. The van der Waals surface area contributed by atoms with Gasteiger partial charge >= 0.3 is 0 Å². The second-order valence-electron chi connectivity index (χ2n) is 5.56. The molecule has 0 atom stereocenters. The highest BCUT2D eigenvalue weighted by atomic mass is 32.2. The Bertz CT molecular complexity index is 1050. The van der Waals surface area contributed by atoms with Crippen LogP contribution in [0.15, 0.2) is 47.4 Å². The van der Waals surface area contributed by atoms with Crippen molar-refractivity contribution in [3.8, 4) is 0 Å². The minimum absolute atomic E-state index is 0.0372. The van der Waals surface area contributed by atoms with E-state index >= 15 is 0 Å².